The third kappa shape index (κ3) is 4.41. The highest BCUT2D eigenvalue weighted by atomic mass is 19.4. The summed E-state index contributed by atoms with van der Waals surface area (Å²) in [5.74, 6) is -0.0484. The molecule has 1 heterocycles. The fourth-order valence-electron chi connectivity index (χ4n) is 4.38. The van der Waals surface area contributed by atoms with Gasteiger partial charge in [0.1, 0.15) is 0 Å². The van der Waals surface area contributed by atoms with Gasteiger partial charge in [-0.3, -0.25) is 5.01 Å². The summed E-state index contributed by atoms with van der Waals surface area (Å²) in [5, 5.41) is 16.6. The fourth-order valence-corrected chi connectivity index (χ4v) is 4.38. The van der Waals surface area contributed by atoms with Crippen LogP contribution in [0.2, 0.25) is 0 Å². The normalized spacial score (nSPS) is 18.9. The Bertz CT molecular complexity index is 986. The van der Waals surface area contributed by atoms with Crippen molar-refractivity contribution in [2.45, 2.75) is 36.6 Å². The van der Waals surface area contributed by atoms with Crippen LogP contribution < -0.4 is 0 Å². The van der Waals surface area contributed by atoms with E-state index in [0.29, 0.717) is 12.8 Å². The van der Waals surface area contributed by atoms with Crippen molar-refractivity contribution < 1.29 is 18.3 Å². The first-order valence-electron chi connectivity index (χ1n) is 10.7. The van der Waals surface area contributed by atoms with Gasteiger partial charge in [0, 0.05) is 12.5 Å². The predicted molar refractivity (Wildman–Crippen MR) is 119 cm³/mol. The number of hydrazone groups is 1. The van der Waals surface area contributed by atoms with E-state index >= 15 is 0 Å². The smallest absolute Gasteiger partial charge is 0.371 e. The number of hydrogen-bond donors (Lipinski definition) is 1. The molecule has 1 unspecified atom stereocenters. The molecule has 1 aliphatic heterocycles. The molecule has 166 valence electrons. The van der Waals surface area contributed by atoms with Gasteiger partial charge in [-0.25, -0.2) is 0 Å². The maximum atomic E-state index is 13.9. The molecule has 0 aromatic heterocycles. The minimum absolute atomic E-state index is 0.0484. The maximum Gasteiger partial charge on any atom is 0.426 e. The fraction of sp³-hybridized carbons (Fsp3) is 0.269. The standard InChI is InChI=1S/C26H25F3N2O/c27-26(28,29)25(32,22-15-8-3-9-16-22)19-30-31-18-10-17-23(31)24(20-11-4-1-5-12-20)21-13-6-2-7-14-21/h1-9,11-16,19,23-24,32H,10,17-18H2/b30-19+/t23-,25?/m0/s1. The molecular formula is C26H25F3N2O. The summed E-state index contributed by atoms with van der Waals surface area (Å²) in [4.78, 5) is 0. The Morgan fingerprint density at radius 1 is 0.844 bits per heavy atom. The van der Waals surface area contributed by atoms with Crippen LogP contribution in [-0.2, 0) is 5.60 Å². The first-order valence-corrected chi connectivity index (χ1v) is 10.7. The predicted octanol–water partition coefficient (Wildman–Crippen LogP) is 5.72. The lowest BCUT2D eigenvalue weighted by Crippen LogP contribution is -2.44. The van der Waals surface area contributed by atoms with Crippen LogP contribution in [0.4, 0.5) is 13.2 Å². The average Bonchev–Trinajstić information content (AvgIpc) is 3.27. The van der Waals surface area contributed by atoms with Crippen LogP contribution >= 0.6 is 0 Å². The lowest BCUT2D eigenvalue weighted by Gasteiger charge is -2.32. The Morgan fingerprint density at radius 2 is 1.34 bits per heavy atom. The topological polar surface area (TPSA) is 35.8 Å². The maximum absolute atomic E-state index is 13.9. The molecule has 32 heavy (non-hydrogen) atoms. The number of aliphatic hydroxyl groups is 1. The molecule has 0 aliphatic carbocycles. The summed E-state index contributed by atoms with van der Waals surface area (Å²) in [6.45, 7) is 0.528. The van der Waals surface area contributed by atoms with E-state index in [0.717, 1.165) is 24.0 Å². The van der Waals surface area contributed by atoms with E-state index in [1.54, 1.807) is 11.1 Å². The molecule has 0 radical (unpaired) electrons. The Hall–Kier alpha value is -3.12. The van der Waals surface area contributed by atoms with Crippen LogP contribution in [0, 0.1) is 0 Å². The molecule has 1 saturated heterocycles. The zero-order valence-electron chi connectivity index (χ0n) is 17.5. The lowest BCUT2D eigenvalue weighted by atomic mass is 9.84. The summed E-state index contributed by atoms with van der Waals surface area (Å²) >= 11 is 0. The highest BCUT2D eigenvalue weighted by molar-refractivity contribution is 5.72. The second-order valence-electron chi connectivity index (χ2n) is 8.05. The Kier molecular flexibility index (Phi) is 6.33. The van der Waals surface area contributed by atoms with Crippen molar-refractivity contribution in [3.8, 4) is 0 Å². The van der Waals surface area contributed by atoms with Gasteiger partial charge >= 0.3 is 6.18 Å². The number of alkyl halides is 3. The summed E-state index contributed by atoms with van der Waals surface area (Å²) in [5.41, 5.74) is -1.24. The summed E-state index contributed by atoms with van der Waals surface area (Å²) in [6.07, 6.45) is -2.64. The van der Waals surface area contributed by atoms with Gasteiger partial charge in [0.15, 0.2) is 0 Å². The summed E-state index contributed by atoms with van der Waals surface area (Å²) < 4.78 is 41.7. The van der Waals surface area contributed by atoms with Crippen molar-refractivity contribution in [2.24, 2.45) is 5.10 Å². The van der Waals surface area contributed by atoms with E-state index < -0.39 is 11.8 Å². The van der Waals surface area contributed by atoms with Crippen LogP contribution in [0.1, 0.15) is 35.4 Å². The van der Waals surface area contributed by atoms with Crippen molar-refractivity contribution in [2.75, 3.05) is 6.54 Å². The van der Waals surface area contributed by atoms with E-state index in [1.807, 2.05) is 60.7 Å². The first-order chi connectivity index (χ1) is 15.4. The molecule has 2 atom stereocenters. The van der Waals surface area contributed by atoms with Crippen LogP contribution in [0.3, 0.4) is 0 Å². The zero-order valence-corrected chi connectivity index (χ0v) is 17.5. The number of hydrogen-bond acceptors (Lipinski definition) is 3. The van der Waals surface area contributed by atoms with Crippen LogP contribution in [-0.4, -0.2) is 35.1 Å². The van der Waals surface area contributed by atoms with Crippen LogP contribution in [0.25, 0.3) is 0 Å². The van der Waals surface area contributed by atoms with E-state index in [9.17, 15) is 18.3 Å². The van der Waals surface area contributed by atoms with Gasteiger partial charge in [-0.1, -0.05) is 91.0 Å². The molecule has 4 rings (SSSR count). The van der Waals surface area contributed by atoms with Crippen molar-refractivity contribution in [3.05, 3.63) is 108 Å². The molecule has 6 heteroatoms. The van der Waals surface area contributed by atoms with Gasteiger partial charge in [-0.15, -0.1) is 0 Å². The van der Waals surface area contributed by atoms with Gasteiger partial charge in [-0.2, -0.15) is 18.3 Å². The van der Waals surface area contributed by atoms with Crippen molar-refractivity contribution >= 4 is 6.21 Å². The minimum Gasteiger partial charge on any atom is -0.371 e. The Labute approximate surface area is 185 Å². The highest BCUT2D eigenvalue weighted by Crippen LogP contribution is 2.39. The molecule has 3 aromatic carbocycles. The molecule has 1 aliphatic rings. The number of nitrogens with zero attached hydrogens (tertiary/aromatic N) is 2. The first kappa shape index (κ1) is 22.1. The van der Waals surface area contributed by atoms with E-state index in [-0.39, 0.29) is 17.5 Å². The van der Waals surface area contributed by atoms with Crippen molar-refractivity contribution in [1.82, 2.24) is 5.01 Å². The molecular weight excluding hydrogens is 413 g/mol. The summed E-state index contributed by atoms with van der Waals surface area (Å²) in [6, 6.07) is 26.8. The van der Waals surface area contributed by atoms with Crippen LogP contribution in [0.15, 0.2) is 96.1 Å². The van der Waals surface area contributed by atoms with Crippen molar-refractivity contribution in [3.63, 3.8) is 0 Å². The third-order valence-electron chi connectivity index (χ3n) is 6.01. The Balaban J connectivity index is 1.69. The molecule has 3 nitrogen and oxygen atoms in total. The molecule has 3 aromatic rings. The SMILES string of the molecule is OC(/C=N/N1CCC[C@H]1C(c1ccccc1)c1ccccc1)(c1ccccc1)C(F)(F)F. The largest absolute Gasteiger partial charge is 0.426 e. The van der Waals surface area contributed by atoms with Crippen molar-refractivity contribution in [1.29, 1.82) is 0 Å². The van der Waals surface area contributed by atoms with E-state index in [1.165, 1.54) is 24.3 Å². The van der Waals surface area contributed by atoms with Gasteiger partial charge in [-0.05, 0) is 29.5 Å². The Morgan fingerprint density at radius 3 is 1.84 bits per heavy atom. The summed E-state index contributed by atoms with van der Waals surface area (Å²) in [7, 11) is 0. The molecule has 1 fully saturated rings. The van der Waals surface area contributed by atoms with Gasteiger partial charge in [0.25, 0.3) is 0 Å². The molecule has 0 saturated carbocycles. The molecule has 0 bridgehead atoms. The molecule has 1 N–H and O–H groups in total. The number of rotatable bonds is 6. The van der Waals surface area contributed by atoms with Gasteiger partial charge in [0.2, 0.25) is 5.60 Å². The van der Waals surface area contributed by atoms with Crippen LogP contribution in [0.5, 0.6) is 0 Å². The van der Waals surface area contributed by atoms with E-state index in [2.05, 4.69) is 5.10 Å². The highest BCUT2D eigenvalue weighted by Gasteiger charge is 2.54. The minimum atomic E-state index is -4.90. The average molecular weight is 438 g/mol. The molecule has 0 amide bonds. The van der Waals surface area contributed by atoms with Gasteiger partial charge < -0.3 is 5.11 Å². The third-order valence-corrected chi connectivity index (χ3v) is 6.01. The van der Waals surface area contributed by atoms with Gasteiger partial charge in [0.05, 0.1) is 12.3 Å². The second-order valence-corrected chi connectivity index (χ2v) is 8.05. The molecule has 0 spiro atoms. The van der Waals surface area contributed by atoms with E-state index in [4.69, 9.17) is 0 Å². The lowest BCUT2D eigenvalue weighted by molar-refractivity contribution is -0.234. The number of benzene rings is 3. The second kappa shape index (κ2) is 9.17. The monoisotopic (exact) mass is 438 g/mol. The number of halogens is 3. The quantitative estimate of drug-likeness (QED) is 0.500. The zero-order chi connectivity index (χ0) is 22.6.